The van der Waals surface area contributed by atoms with Crippen molar-refractivity contribution in [3.8, 4) is 5.95 Å². The highest BCUT2D eigenvalue weighted by Crippen LogP contribution is 2.09. The van der Waals surface area contributed by atoms with Gasteiger partial charge in [-0.15, -0.1) is 0 Å². The molecule has 8 nitrogen and oxygen atoms in total. The lowest BCUT2D eigenvalue weighted by Crippen LogP contribution is -2.21. The molecule has 0 aliphatic heterocycles. The standard InChI is InChI=1S/C10H12ClN7O/c1-12-7(19)2-3-14-9-15-8(11)16-10(17-9)18-5-4-13-6-18/h4-6H,2-3H2,1H3,(H,12,19)(H,14,15,16,17). The average Bonchev–Trinajstić information content (AvgIpc) is 2.91. The molecule has 0 spiro atoms. The monoisotopic (exact) mass is 281 g/mol. The summed E-state index contributed by atoms with van der Waals surface area (Å²) < 4.78 is 1.61. The molecule has 0 aromatic carbocycles. The lowest BCUT2D eigenvalue weighted by Gasteiger charge is -2.06. The second kappa shape index (κ2) is 6.10. The van der Waals surface area contributed by atoms with Crippen molar-refractivity contribution >= 4 is 23.5 Å². The van der Waals surface area contributed by atoms with Crippen LogP contribution in [0, 0.1) is 0 Å². The molecule has 1 amide bonds. The average molecular weight is 282 g/mol. The van der Waals surface area contributed by atoms with Gasteiger partial charge in [0.25, 0.3) is 0 Å². The first kappa shape index (κ1) is 13.2. The van der Waals surface area contributed by atoms with E-state index in [0.717, 1.165) is 0 Å². The molecule has 0 aliphatic carbocycles. The summed E-state index contributed by atoms with van der Waals surface area (Å²) in [7, 11) is 1.58. The van der Waals surface area contributed by atoms with Gasteiger partial charge in [-0.3, -0.25) is 9.36 Å². The first-order chi connectivity index (χ1) is 9.19. The number of nitrogens with zero attached hydrogens (tertiary/aromatic N) is 5. The highest BCUT2D eigenvalue weighted by Gasteiger charge is 2.06. The Balaban J connectivity index is 2.07. The number of imidazole rings is 1. The van der Waals surface area contributed by atoms with Crippen molar-refractivity contribution in [1.82, 2.24) is 29.8 Å². The summed E-state index contributed by atoms with van der Waals surface area (Å²) in [5, 5.41) is 5.51. The van der Waals surface area contributed by atoms with E-state index in [4.69, 9.17) is 11.6 Å². The van der Waals surface area contributed by atoms with Crippen LogP contribution in [0.5, 0.6) is 0 Å². The number of halogens is 1. The van der Waals surface area contributed by atoms with Gasteiger partial charge in [-0.1, -0.05) is 0 Å². The van der Waals surface area contributed by atoms with Crippen LogP contribution in [-0.2, 0) is 4.79 Å². The summed E-state index contributed by atoms with van der Waals surface area (Å²) in [6.07, 6.45) is 5.18. The predicted molar refractivity (Wildman–Crippen MR) is 69.1 cm³/mol. The van der Waals surface area contributed by atoms with E-state index in [1.165, 1.54) is 0 Å². The highest BCUT2D eigenvalue weighted by atomic mass is 35.5. The minimum absolute atomic E-state index is 0.0671. The predicted octanol–water partition coefficient (Wildman–Crippen LogP) is 0.259. The molecule has 9 heteroatoms. The molecule has 0 fully saturated rings. The first-order valence-corrected chi connectivity index (χ1v) is 5.91. The van der Waals surface area contributed by atoms with Crippen LogP contribution >= 0.6 is 11.6 Å². The molecular formula is C10H12ClN7O. The van der Waals surface area contributed by atoms with Gasteiger partial charge in [-0.2, -0.15) is 15.0 Å². The molecule has 0 aliphatic rings. The zero-order valence-electron chi connectivity index (χ0n) is 10.2. The third kappa shape index (κ3) is 3.62. The van der Waals surface area contributed by atoms with Crippen LogP contribution in [0.1, 0.15) is 6.42 Å². The van der Waals surface area contributed by atoms with Crippen molar-refractivity contribution < 1.29 is 4.79 Å². The fourth-order valence-electron chi connectivity index (χ4n) is 1.32. The maximum Gasteiger partial charge on any atom is 0.241 e. The van der Waals surface area contributed by atoms with Gasteiger partial charge in [-0.25, -0.2) is 4.98 Å². The van der Waals surface area contributed by atoms with E-state index in [-0.39, 0.29) is 11.2 Å². The maximum atomic E-state index is 11.1. The van der Waals surface area contributed by atoms with Gasteiger partial charge in [0.15, 0.2) is 0 Å². The van der Waals surface area contributed by atoms with Crippen molar-refractivity contribution in [2.24, 2.45) is 0 Å². The number of rotatable bonds is 5. The molecule has 2 aromatic rings. The molecule has 2 aromatic heterocycles. The summed E-state index contributed by atoms with van der Waals surface area (Å²) in [6, 6.07) is 0. The number of anilines is 1. The van der Waals surface area contributed by atoms with E-state index in [0.29, 0.717) is 24.9 Å². The van der Waals surface area contributed by atoms with Gasteiger partial charge in [0.2, 0.25) is 23.1 Å². The van der Waals surface area contributed by atoms with Crippen LogP contribution in [0.15, 0.2) is 18.7 Å². The van der Waals surface area contributed by atoms with Gasteiger partial charge in [0, 0.05) is 32.4 Å². The summed E-state index contributed by atoms with van der Waals surface area (Å²) in [5.41, 5.74) is 0. The van der Waals surface area contributed by atoms with Crippen LogP contribution in [0.25, 0.3) is 5.95 Å². The van der Waals surface area contributed by atoms with Gasteiger partial charge in [0.1, 0.15) is 6.33 Å². The molecule has 100 valence electrons. The normalized spacial score (nSPS) is 10.2. The Morgan fingerprint density at radius 3 is 2.95 bits per heavy atom. The molecule has 0 unspecified atom stereocenters. The lowest BCUT2D eigenvalue weighted by molar-refractivity contribution is -0.120. The Bertz CT molecular complexity index is 557. The van der Waals surface area contributed by atoms with Crippen molar-refractivity contribution in [1.29, 1.82) is 0 Å². The number of carbonyl (C=O) groups excluding carboxylic acids is 1. The number of hydrogen-bond acceptors (Lipinski definition) is 6. The number of hydrogen-bond donors (Lipinski definition) is 2. The largest absolute Gasteiger partial charge is 0.359 e. The third-order valence-electron chi connectivity index (χ3n) is 2.25. The maximum absolute atomic E-state index is 11.1. The first-order valence-electron chi connectivity index (χ1n) is 5.53. The molecule has 0 saturated heterocycles. The van der Waals surface area contributed by atoms with Gasteiger partial charge < -0.3 is 10.6 Å². The van der Waals surface area contributed by atoms with E-state index >= 15 is 0 Å². The second-order valence-corrected chi connectivity index (χ2v) is 3.89. The molecule has 19 heavy (non-hydrogen) atoms. The summed E-state index contributed by atoms with van der Waals surface area (Å²) in [4.78, 5) is 27.1. The minimum Gasteiger partial charge on any atom is -0.359 e. The Morgan fingerprint density at radius 1 is 1.42 bits per heavy atom. The molecule has 2 N–H and O–H groups in total. The Labute approximate surface area is 114 Å². The zero-order valence-corrected chi connectivity index (χ0v) is 10.9. The van der Waals surface area contributed by atoms with Crippen LogP contribution in [0.4, 0.5) is 5.95 Å². The van der Waals surface area contributed by atoms with E-state index in [2.05, 4.69) is 30.6 Å². The van der Waals surface area contributed by atoms with Crippen LogP contribution in [-0.4, -0.2) is 44.0 Å². The van der Waals surface area contributed by atoms with Gasteiger partial charge >= 0.3 is 0 Å². The summed E-state index contributed by atoms with van der Waals surface area (Å²) >= 11 is 5.82. The molecule has 0 atom stereocenters. The molecule has 0 bridgehead atoms. The van der Waals surface area contributed by atoms with E-state index in [1.807, 2.05) is 0 Å². The molecule has 0 saturated carbocycles. The third-order valence-corrected chi connectivity index (χ3v) is 2.41. The molecular weight excluding hydrogens is 270 g/mol. The fourth-order valence-corrected chi connectivity index (χ4v) is 1.48. The minimum atomic E-state index is -0.0671. The van der Waals surface area contributed by atoms with Crippen LogP contribution in [0.2, 0.25) is 5.28 Å². The van der Waals surface area contributed by atoms with Crippen LogP contribution in [0.3, 0.4) is 0 Å². The van der Waals surface area contributed by atoms with Gasteiger partial charge in [-0.05, 0) is 11.6 Å². The molecule has 0 radical (unpaired) electrons. The summed E-state index contributed by atoms with van der Waals surface area (Å²) in [5.74, 6) is 0.607. The van der Waals surface area contributed by atoms with E-state index in [9.17, 15) is 4.79 Å². The summed E-state index contributed by atoms with van der Waals surface area (Å²) in [6.45, 7) is 0.406. The number of carbonyl (C=O) groups is 1. The number of amides is 1. The topological polar surface area (TPSA) is 97.6 Å². The van der Waals surface area contributed by atoms with Crippen molar-refractivity contribution in [2.45, 2.75) is 6.42 Å². The van der Waals surface area contributed by atoms with Crippen LogP contribution < -0.4 is 10.6 Å². The number of aromatic nitrogens is 5. The van der Waals surface area contributed by atoms with Crippen molar-refractivity contribution in [2.75, 3.05) is 18.9 Å². The number of nitrogens with one attached hydrogen (secondary N) is 2. The van der Waals surface area contributed by atoms with Crippen molar-refractivity contribution in [3.63, 3.8) is 0 Å². The second-order valence-electron chi connectivity index (χ2n) is 3.55. The Hall–Kier alpha value is -2.22. The Kier molecular flexibility index (Phi) is 4.24. The van der Waals surface area contributed by atoms with Crippen molar-refractivity contribution in [3.05, 3.63) is 24.0 Å². The molecule has 2 rings (SSSR count). The van der Waals surface area contributed by atoms with E-state index < -0.39 is 0 Å². The van der Waals surface area contributed by atoms with Gasteiger partial charge in [0.05, 0.1) is 0 Å². The van der Waals surface area contributed by atoms with E-state index in [1.54, 1.807) is 30.3 Å². The Morgan fingerprint density at radius 2 is 2.26 bits per heavy atom. The molecule has 2 heterocycles. The quantitative estimate of drug-likeness (QED) is 0.816. The SMILES string of the molecule is CNC(=O)CCNc1nc(Cl)nc(-n2ccnc2)n1. The lowest BCUT2D eigenvalue weighted by atomic mass is 10.4. The highest BCUT2D eigenvalue weighted by molar-refractivity contribution is 6.28. The fraction of sp³-hybridized carbons (Fsp3) is 0.300. The smallest absolute Gasteiger partial charge is 0.241 e. The zero-order chi connectivity index (χ0) is 13.7.